The Balaban J connectivity index is 1.13. The second-order valence-corrected chi connectivity index (χ2v) is 13.1. The molecule has 1 heterocycles. The SMILES string of the molecule is CCC1(C)c2ccccc2-c2ccc(N(c3ccccc3)c3ccc(-c4ccc5c(c4)c4ccccc4n5-c4ccccc4)cc3)cc21. The highest BCUT2D eigenvalue weighted by molar-refractivity contribution is 6.10. The van der Waals surface area contributed by atoms with Crippen LogP contribution in [-0.4, -0.2) is 4.57 Å². The van der Waals surface area contributed by atoms with Crippen LogP contribution in [0, 0.1) is 0 Å². The number of hydrogen-bond acceptors (Lipinski definition) is 1. The van der Waals surface area contributed by atoms with Crippen LogP contribution in [0.25, 0.3) is 49.7 Å². The summed E-state index contributed by atoms with van der Waals surface area (Å²) in [6, 6.07) is 62.0. The topological polar surface area (TPSA) is 8.17 Å². The number of benzene rings is 7. The van der Waals surface area contributed by atoms with Crippen LogP contribution in [0.3, 0.4) is 0 Å². The zero-order chi connectivity index (χ0) is 32.2. The minimum absolute atomic E-state index is 0.0174. The van der Waals surface area contributed by atoms with Gasteiger partial charge in [-0.3, -0.25) is 0 Å². The third-order valence-corrected chi connectivity index (χ3v) is 10.5. The molecule has 0 radical (unpaired) electrons. The van der Waals surface area contributed by atoms with Crippen LogP contribution in [0.2, 0.25) is 0 Å². The van der Waals surface area contributed by atoms with Gasteiger partial charge >= 0.3 is 0 Å². The van der Waals surface area contributed by atoms with Crippen molar-refractivity contribution in [1.29, 1.82) is 0 Å². The van der Waals surface area contributed by atoms with Gasteiger partial charge < -0.3 is 9.47 Å². The third kappa shape index (κ3) is 4.33. The molecule has 7 aromatic carbocycles. The lowest BCUT2D eigenvalue weighted by Gasteiger charge is -2.29. The Morgan fingerprint density at radius 2 is 1.08 bits per heavy atom. The van der Waals surface area contributed by atoms with E-state index in [1.165, 1.54) is 66.6 Å². The summed E-state index contributed by atoms with van der Waals surface area (Å²) in [5, 5.41) is 2.53. The largest absolute Gasteiger partial charge is 0.310 e. The van der Waals surface area contributed by atoms with Crippen LogP contribution in [0.15, 0.2) is 170 Å². The second kappa shape index (κ2) is 11.1. The maximum absolute atomic E-state index is 2.43. The van der Waals surface area contributed by atoms with Crippen molar-refractivity contribution in [2.45, 2.75) is 25.7 Å². The number of nitrogens with zero attached hydrogens (tertiary/aromatic N) is 2. The lowest BCUT2D eigenvalue weighted by Crippen LogP contribution is -2.20. The van der Waals surface area contributed by atoms with E-state index in [2.05, 4.69) is 193 Å². The number of anilines is 3. The molecule has 0 aliphatic heterocycles. The Hall–Kier alpha value is -5.86. The van der Waals surface area contributed by atoms with Crippen LogP contribution in [0.4, 0.5) is 17.1 Å². The number of fused-ring (bicyclic) bond motifs is 6. The molecule has 8 aromatic rings. The summed E-state index contributed by atoms with van der Waals surface area (Å²) >= 11 is 0. The quantitative estimate of drug-likeness (QED) is 0.180. The van der Waals surface area contributed by atoms with E-state index in [-0.39, 0.29) is 5.41 Å². The first-order valence-corrected chi connectivity index (χ1v) is 16.9. The maximum Gasteiger partial charge on any atom is 0.0541 e. The minimum Gasteiger partial charge on any atom is -0.310 e. The Labute approximate surface area is 282 Å². The molecule has 2 heteroatoms. The molecule has 0 amide bonds. The van der Waals surface area contributed by atoms with E-state index in [1.54, 1.807) is 0 Å². The van der Waals surface area contributed by atoms with Crippen LogP contribution < -0.4 is 4.90 Å². The number of para-hydroxylation sites is 3. The van der Waals surface area contributed by atoms with Crippen LogP contribution >= 0.6 is 0 Å². The number of hydrogen-bond donors (Lipinski definition) is 0. The smallest absolute Gasteiger partial charge is 0.0541 e. The van der Waals surface area contributed by atoms with Gasteiger partial charge in [0.25, 0.3) is 0 Å². The minimum atomic E-state index is -0.0174. The Morgan fingerprint density at radius 3 is 1.88 bits per heavy atom. The average molecular weight is 617 g/mol. The van der Waals surface area contributed by atoms with E-state index in [9.17, 15) is 0 Å². The number of rotatable bonds is 6. The lowest BCUT2D eigenvalue weighted by molar-refractivity contribution is 0.564. The molecule has 0 fully saturated rings. The van der Waals surface area contributed by atoms with E-state index in [0.29, 0.717) is 0 Å². The molecular formula is C46H36N2. The van der Waals surface area contributed by atoms with E-state index in [0.717, 1.165) is 17.8 Å². The molecule has 1 atom stereocenters. The summed E-state index contributed by atoms with van der Waals surface area (Å²) in [6.07, 6.45) is 1.05. The lowest BCUT2D eigenvalue weighted by atomic mass is 9.78. The van der Waals surface area contributed by atoms with Gasteiger partial charge in [-0.05, 0) is 107 Å². The van der Waals surface area contributed by atoms with Gasteiger partial charge in [0, 0.05) is 38.9 Å². The van der Waals surface area contributed by atoms with Crippen molar-refractivity contribution in [2.24, 2.45) is 0 Å². The fraction of sp³-hybridized carbons (Fsp3) is 0.0870. The molecule has 1 unspecified atom stereocenters. The summed E-state index contributed by atoms with van der Waals surface area (Å²) in [5.74, 6) is 0. The Bertz CT molecular complexity index is 2440. The van der Waals surface area contributed by atoms with Crippen molar-refractivity contribution in [3.63, 3.8) is 0 Å². The van der Waals surface area contributed by atoms with Crippen LogP contribution in [0.5, 0.6) is 0 Å². The summed E-state index contributed by atoms with van der Waals surface area (Å²) in [4.78, 5) is 2.39. The van der Waals surface area contributed by atoms with Gasteiger partial charge in [-0.2, -0.15) is 0 Å². The molecule has 2 nitrogen and oxygen atoms in total. The first kappa shape index (κ1) is 28.4. The molecule has 230 valence electrons. The molecular weight excluding hydrogens is 581 g/mol. The van der Waals surface area contributed by atoms with Gasteiger partial charge in [-0.15, -0.1) is 0 Å². The molecule has 0 spiro atoms. The van der Waals surface area contributed by atoms with Crippen molar-refractivity contribution >= 4 is 38.9 Å². The Morgan fingerprint density at radius 1 is 0.479 bits per heavy atom. The van der Waals surface area contributed by atoms with E-state index >= 15 is 0 Å². The maximum atomic E-state index is 2.43. The van der Waals surface area contributed by atoms with Crippen molar-refractivity contribution in [3.8, 4) is 27.9 Å². The van der Waals surface area contributed by atoms with Crippen molar-refractivity contribution in [3.05, 3.63) is 181 Å². The standard InChI is InChI=1S/C46H36N2/c1-3-46(2)42-20-12-10-18-38(42)39-28-27-37(31-43(39)46)47(34-14-6-4-7-15-34)36-25-22-32(23-26-36)33-24-29-45-41(30-33)40-19-11-13-21-44(40)48(45)35-16-8-5-9-17-35/h4-31H,3H2,1-2H3. The average Bonchev–Trinajstić information content (AvgIpc) is 3.62. The molecule has 1 aliphatic rings. The van der Waals surface area contributed by atoms with Crippen molar-refractivity contribution in [2.75, 3.05) is 4.90 Å². The van der Waals surface area contributed by atoms with Gasteiger partial charge in [0.2, 0.25) is 0 Å². The Kier molecular flexibility index (Phi) is 6.58. The van der Waals surface area contributed by atoms with Gasteiger partial charge in [0.05, 0.1) is 11.0 Å². The zero-order valence-corrected chi connectivity index (χ0v) is 27.3. The molecule has 0 saturated carbocycles. The van der Waals surface area contributed by atoms with Gasteiger partial charge in [-0.1, -0.05) is 117 Å². The van der Waals surface area contributed by atoms with Crippen LogP contribution in [-0.2, 0) is 5.41 Å². The highest BCUT2D eigenvalue weighted by Crippen LogP contribution is 2.52. The zero-order valence-electron chi connectivity index (χ0n) is 27.3. The van der Waals surface area contributed by atoms with E-state index in [4.69, 9.17) is 0 Å². The highest BCUT2D eigenvalue weighted by atomic mass is 15.1. The van der Waals surface area contributed by atoms with Crippen molar-refractivity contribution in [1.82, 2.24) is 4.57 Å². The van der Waals surface area contributed by atoms with Crippen molar-refractivity contribution < 1.29 is 0 Å². The van der Waals surface area contributed by atoms with Gasteiger partial charge in [-0.25, -0.2) is 0 Å². The number of aromatic nitrogens is 1. The molecule has 1 aromatic heterocycles. The molecule has 0 N–H and O–H groups in total. The normalized spacial score (nSPS) is 15.0. The second-order valence-electron chi connectivity index (χ2n) is 13.1. The van der Waals surface area contributed by atoms with Gasteiger partial charge in [0.1, 0.15) is 0 Å². The first-order valence-electron chi connectivity index (χ1n) is 16.9. The first-order chi connectivity index (χ1) is 23.6. The fourth-order valence-electron chi connectivity index (χ4n) is 7.92. The molecule has 48 heavy (non-hydrogen) atoms. The summed E-state index contributed by atoms with van der Waals surface area (Å²) < 4.78 is 2.37. The molecule has 0 saturated heterocycles. The predicted molar refractivity (Wildman–Crippen MR) is 203 cm³/mol. The summed E-state index contributed by atoms with van der Waals surface area (Å²) in [5.41, 5.74) is 15.0. The van der Waals surface area contributed by atoms with E-state index < -0.39 is 0 Å². The van der Waals surface area contributed by atoms with E-state index in [1.807, 2.05) is 0 Å². The molecule has 1 aliphatic carbocycles. The monoisotopic (exact) mass is 616 g/mol. The molecule has 0 bridgehead atoms. The highest BCUT2D eigenvalue weighted by Gasteiger charge is 2.38. The van der Waals surface area contributed by atoms with Gasteiger partial charge in [0.15, 0.2) is 0 Å². The van der Waals surface area contributed by atoms with Crippen LogP contribution in [0.1, 0.15) is 31.4 Å². The fourth-order valence-corrected chi connectivity index (χ4v) is 7.92. The summed E-state index contributed by atoms with van der Waals surface area (Å²) in [6.45, 7) is 4.71. The predicted octanol–water partition coefficient (Wildman–Crippen LogP) is 12.6. The molecule has 9 rings (SSSR count). The third-order valence-electron chi connectivity index (χ3n) is 10.5. The summed E-state index contributed by atoms with van der Waals surface area (Å²) in [7, 11) is 0.